The first kappa shape index (κ1) is 34.4. The zero-order valence-corrected chi connectivity index (χ0v) is 27.6. The Bertz CT molecular complexity index is 1650. The van der Waals surface area contributed by atoms with Crippen molar-refractivity contribution in [3.63, 3.8) is 0 Å². The Morgan fingerprint density at radius 1 is 1.00 bits per heavy atom. The van der Waals surface area contributed by atoms with Crippen LogP contribution in [0.4, 0.5) is 11.4 Å². The van der Waals surface area contributed by atoms with Gasteiger partial charge in [0.15, 0.2) is 0 Å². The maximum atomic E-state index is 14.4. The molecule has 1 fully saturated rings. The Hall–Kier alpha value is -4.45. The van der Waals surface area contributed by atoms with Crippen LogP contribution in [-0.2, 0) is 26.2 Å². The summed E-state index contributed by atoms with van der Waals surface area (Å²) in [7, 11) is -3.01. The Balaban J connectivity index is 1.76. The molecule has 0 bridgehead atoms. The summed E-state index contributed by atoms with van der Waals surface area (Å²) in [6.45, 7) is 4.71. The smallest absolute Gasteiger partial charge is 0.273 e. The minimum atomic E-state index is -4.49. The Morgan fingerprint density at radius 3 is 2.28 bits per heavy atom. The molecule has 1 atom stereocenters. The number of rotatable bonds is 13. The fourth-order valence-corrected chi connectivity index (χ4v) is 7.22. The van der Waals surface area contributed by atoms with E-state index in [2.05, 4.69) is 5.32 Å². The van der Waals surface area contributed by atoms with Gasteiger partial charge in [0.25, 0.3) is 15.7 Å². The van der Waals surface area contributed by atoms with Crippen LogP contribution in [0.1, 0.15) is 62.1 Å². The number of carbonyl (C=O) groups excluding carboxylic acids is 2. The minimum absolute atomic E-state index is 0.0271. The van der Waals surface area contributed by atoms with Gasteiger partial charge >= 0.3 is 0 Å². The molecule has 246 valence electrons. The summed E-state index contributed by atoms with van der Waals surface area (Å²) in [5.74, 6) is -0.385. The summed E-state index contributed by atoms with van der Waals surface area (Å²) in [4.78, 5) is 40.3. The first-order valence-electron chi connectivity index (χ1n) is 15.5. The summed E-state index contributed by atoms with van der Waals surface area (Å²) >= 11 is 0. The van der Waals surface area contributed by atoms with Crippen LogP contribution < -0.4 is 14.4 Å². The van der Waals surface area contributed by atoms with E-state index >= 15 is 0 Å². The molecule has 3 aromatic carbocycles. The van der Waals surface area contributed by atoms with Gasteiger partial charge in [0.1, 0.15) is 18.3 Å². The maximum Gasteiger partial charge on any atom is 0.273 e. The van der Waals surface area contributed by atoms with Crippen LogP contribution in [-0.4, -0.2) is 55.8 Å². The second-order valence-corrected chi connectivity index (χ2v) is 13.5. The molecule has 1 aliphatic carbocycles. The van der Waals surface area contributed by atoms with E-state index in [0.717, 1.165) is 53.6 Å². The molecule has 1 saturated carbocycles. The lowest BCUT2D eigenvalue weighted by Gasteiger charge is -2.34. The number of carbonyl (C=O) groups is 2. The highest BCUT2D eigenvalue weighted by Crippen LogP contribution is 2.30. The van der Waals surface area contributed by atoms with Crippen LogP contribution in [0.3, 0.4) is 0 Å². The van der Waals surface area contributed by atoms with Crippen LogP contribution in [0.2, 0.25) is 0 Å². The van der Waals surface area contributed by atoms with Crippen molar-refractivity contribution in [1.82, 2.24) is 10.2 Å². The number of hydrogen-bond donors (Lipinski definition) is 1. The average molecular weight is 651 g/mol. The molecule has 46 heavy (non-hydrogen) atoms. The summed E-state index contributed by atoms with van der Waals surface area (Å²) in [6, 6.07) is 16.5. The van der Waals surface area contributed by atoms with Crippen molar-refractivity contribution in [3.8, 4) is 5.75 Å². The number of nitrogens with one attached hydrogen (secondary N) is 1. The van der Waals surface area contributed by atoms with Crippen LogP contribution in [0.5, 0.6) is 5.75 Å². The SMILES string of the molecule is CC[C@H](C(=O)NC1CCCCC1)N(Cc1ccccc1C)C(=O)CN(c1ccc(OC)cc1)S(=O)(=O)c1ccc(C)c([N+](=O)[O-])c1. The molecular formula is C34H42N4O7S. The Labute approximate surface area is 270 Å². The van der Waals surface area contributed by atoms with Crippen molar-refractivity contribution in [2.24, 2.45) is 0 Å². The lowest BCUT2D eigenvalue weighted by molar-refractivity contribution is -0.385. The third-order valence-electron chi connectivity index (χ3n) is 8.54. The molecule has 0 heterocycles. The lowest BCUT2D eigenvalue weighted by Crippen LogP contribution is -2.54. The number of hydrogen-bond acceptors (Lipinski definition) is 7. The highest BCUT2D eigenvalue weighted by Gasteiger charge is 2.35. The number of benzene rings is 3. The molecule has 1 aliphatic rings. The van der Waals surface area contributed by atoms with Crippen molar-refractivity contribution in [2.45, 2.75) is 82.8 Å². The van der Waals surface area contributed by atoms with Crippen molar-refractivity contribution >= 4 is 33.2 Å². The average Bonchev–Trinajstić information content (AvgIpc) is 3.04. The molecule has 0 radical (unpaired) electrons. The number of ether oxygens (including phenoxy) is 1. The maximum absolute atomic E-state index is 14.4. The van der Waals surface area contributed by atoms with Gasteiger partial charge in [-0.15, -0.1) is 0 Å². The van der Waals surface area contributed by atoms with E-state index in [0.29, 0.717) is 17.7 Å². The molecule has 0 saturated heterocycles. The number of nitro benzene ring substituents is 1. The van der Waals surface area contributed by atoms with Crippen LogP contribution >= 0.6 is 0 Å². The zero-order chi connectivity index (χ0) is 33.4. The van der Waals surface area contributed by atoms with Gasteiger partial charge in [0, 0.05) is 24.2 Å². The van der Waals surface area contributed by atoms with Crippen molar-refractivity contribution in [1.29, 1.82) is 0 Å². The Morgan fingerprint density at radius 2 is 1.67 bits per heavy atom. The van der Waals surface area contributed by atoms with E-state index in [1.165, 1.54) is 43.2 Å². The number of amides is 2. The largest absolute Gasteiger partial charge is 0.497 e. The monoisotopic (exact) mass is 650 g/mol. The molecule has 0 unspecified atom stereocenters. The summed E-state index contributed by atoms with van der Waals surface area (Å²) < 4.78 is 34.6. The van der Waals surface area contributed by atoms with Gasteiger partial charge in [-0.1, -0.05) is 56.5 Å². The number of methoxy groups -OCH3 is 1. The first-order chi connectivity index (χ1) is 22.0. The van der Waals surface area contributed by atoms with E-state index in [4.69, 9.17) is 4.74 Å². The fourth-order valence-electron chi connectivity index (χ4n) is 5.79. The second kappa shape index (κ2) is 15.2. The van der Waals surface area contributed by atoms with Gasteiger partial charge in [0.05, 0.1) is 22.6 Å². The second-order valence-electron chi connectivity index (χ2n) is 11.6. The molecular weight excluding hydrogens is 608 g/mol. The first-order valence-corrected chi connectivity index (χ1v) is 17.0. The molecule has 0 aromatic heterocycles. The summed E-state index contributed by atoms with van der Waals surface area (Å²) in [6.07, 6.45) is 5.25. The van der Waals surface area contributed by atoms with Gasteiger partial charge < -0.3 is 15.0 Å². The standard InChI is InChI=1S/C34H42N4O7S/c1-5-31(34(40)35-27-13-7-6-8-14-27)36(22-26-12-10-9-11-24(26)2)33(39)23-37(28-16-18-29(45-4)19-17-28)46(43,44)30-20-15-25(3)32(21-30)38(41)42/h9-12,15-21,27,31H,5-8,13-14,22-23H2,1-4H3,(H,35,40)/t31-/m1/s1. The summed E-state index contributed by atoms with van der Waals surface area (Å²) in [5, 5.41) is 14.8. The van der Waals surface area contributed by atoms with Gasteiger partial charge in [-0.3, -0.25) is 24.0 Å². The predicted octanol–water partition coefficient (Wildman–Crippen LogP) is 5.67. The quantitative estimate of drug-likeness (QED) is 0.186. The van der Waals surface area contributed by atoms with E-state index in [1.54, 1.807) is 12.1 Å². The number of aryl methyl sites for hydroxylation is 2. The van der Waals surface area contributed by atoms with Crippen LogP contribution in [0.15, 0.2) is 71.6 Å². The van der Waals surface area contributed by atoms with E-state index in [1.807, 2.05) is 38.1 Å². The third-order valence-corrected chi connectivity index (χ3v) is 10.3. The minimum Gasteiger partial charge on any atom is -0.497 e. The van der Waals surface area contributed by atoms with E-state index in [9.17, 15) is 28.1 Å². The van der Waals surface area contributed by atoms with Crippen molar-refractivity contribution in [2.75, 3.05) is 18.0 Å². The zero-order valence-electron chi connectivity index (χ0n) is 26.8. The van der Waals surface area contributed by atoms with Gasteiger partial charge in [-0.05, 0) is 74.6 Å². The molecule has 12 heteroatoms. The predicted molar refractivity (Wildman–Crippen MR) is 176 cm³/mol. The summed E-state index contributed by atoms with van der Waals surface area (Å²) in [5.41, 5.74) is 1.86. The molecule has 11 nitrogen and oxygen atoms in total. The number of nitro groups is 1. The Kier molecular flexibility index (Phi) is 11.4. The molecule has 3 aromatic rings. The van der Waals surface area contributed by atoms with Gasteiger partial charge in [-0.2, -0.15) is 0 Å². The lowest BCUT2D eigenvalue weighted by atomic mass is 9.95. The third kappa shape index (κ3) is 8.03. The van der Waals surface area contributed by atoms with Gasteiger partial charge in [-0.25, -0.2) is 8.42 Å². The number of nitrogens with zero attached hydrogens (tertiary/aromatic N) is 3. The van der Waals surface area contributed by atoms with Crippen molar-refractivity contribution in [3.05, 3.63) is 93.5 Å². The highest BCUT2D eigenvalue weighted by molar-refractivity contribution is 7.92. The number of anilines is 1. The van der Waals surface area contributed by atoms with Crippen LogP contribution in [0, 0.1) is 24.0 Å². The molecule has 1 N–H and O–H groups in total. The molecule has 2 amide bonds. The van der Waals surface area contributed by atoms with E-state index < -0.39 is 33.4 Å². The van der Waals surface area contributed by atoms with Crippen molar-refractivity contribution < 1.29 is 27.7 Å². The molecule has 0 spiro atoms. The molecule has 0 aliphatic heterocycles. The molecule has 4 rings (SSSR count). The fraction of sp³-hybridized carbons (Fsp3) is 0.412. The van der Waals surface area contributed by atoms with Gasteiger partial charge in [0.2, 0.25) is 11.8 Å². The normalized spacial score (nSPS) is 14.3. The number of sulfonamides is 1. The van der Waals surface area contributed by atoms with Crippen LogP contribution in [0.25, 0.3) is 0 Å². The highest BCUT2D eigenvalue weighted by atomic mass is 32.2. The van der Waals surface area contributed by atoms with E-state index in [-0.39, 0.29) is 34.8 Å². The topological polar surface area (TPSA) is 139 Å².